The minimum Gasteiger partial charge on any atom is -0.491 e. The molecule has 206 valence electrons. The molecule has 0 saturated carbocycles. The zero-order valence-electron chi connectivity index (χ0n) is 20.9. The highest BCUT2D eigenvalue weighted by Crippen LogP contribution is 2.19. The second kappa shape index (κ2) is 13.2. The third-order valence-electron chi connectivity index (χ3n) is 5.16. The molecule has 2 unspecified atom stereocenters. The molecule has 0 bridgehead atoms. The van der Waals surface area contributed by atoms with Crippen LogP contribution in [0.5, 0.6) is 11.5 Å². The Kier molecular flexibility index (Phi) is 10.3. The summed E-state index contributed by atoms with van der Waals surface area (Å²) >= 11 is 0. The molecule has 10 nitrogen and oxygen atoms in total. The van der Waals surface area contributed by atoms with Crippen molar-refractivity contribution in [2.24, 2.45) is 0 Å². The van der Waals surface area contributed by atoms with Crippen LogP contribution in [0.3, 0.4) is 0 Å². The maximum Gasteiger partial charge on any atom is 0.297 e. The Morgan fingerprint density at radius 1 is 0.553 bits per heavy atom. The first-order chi connectivity index (χ1) is 17.9. The van der Waals surface area contributed by atoms with Crippen molar-refractivity contribution in [1.29, 1.82) is 0 Å². The Labute approximate surface area is 222 Å². The Hall–Kier alpha value is -3.00. The molecule has 0 aromatic heterocycles. The average molecular weight is 567 g/mol. The summed E-state index contributed by atoms with van der Waals surface area (Å²) in [6.45, 7) is 2.29. The van der Waals surface area contributed by atoms with Gasteiger partial charge < -0.3 is 19.7 Å². The second-order valence-electron chi connectivity index (χ2n) is 8.50. The van der Waals surface area contributed by atoms with Gasteiger partial charge in [0.05, 0.1) is 23.0 Å². The fraction of sp³-hybridized carbons (Fsp3) is 0.308. The number of hydrogen-bond donors (Lipinski definition) is 2. The van der Waals surface area contributed by atoms with Crippen molar-refractivity contribution in [2.75, 3.05) is 26.4 Å². The molecule has 0 saturated heterocycles. The Bertz CT molecular complexity index is 1260. The summed E-state index contributed by atoms with van der Waals surface area (Å²) in [5.74, 6) is 0.761. The van der Waals surface area contributed by atoms with Crippen molar-refractivity contribution in [2.45, 2.75) is 35.8 Å². The molecule has 2 N–H and O–H groups in total. The Morgan fingerprint density at radius 2 is 0.868 bits per heavy atom. The van der Waals surface area contributed by atoms with Crippen LogP contribution in [-0.2, 0) is 28.6 Å². The fourth-order valence-corrected chi connectivity index (χ4v) is 4.88. The van der Waals surface area contributed by atoms with Crippen LogP contribution >= 0.6 is 0 Å². The van der Waals surface area contributed by atoms with Crippen LogP contribution in [0.4, 0.5) is 0 Å². The van der Waals surface area contributed by atoms with E-state index in [0.717, 1.165) is 11.1 Å². The summed E-state index contributed by atoms with van der Waals surface area (Å²) in [5, 5.41) is 20.1. The zero-order chi connectivity index (χ0) is 27.8. The van der Waals surface area contributed by atoms with Gasteiger partial charge in [-0.2, -0.15) is 16.8 Å². The topological polar surface area (TPSA) is 146 Å². The minimum atomic E-state index is -4.00. The van der Waals surface area contributed by atoms with Gasteiger partial charge in [0.1, 0.15) is 36.9 Å². The van der Waals surface area contributed by atoms with Crippen LogP contribution in [0, 0.1) is 13.8 Å². The number of ether oxygens (including phenoxy) is 2. The molecule has 0 fully saturated rings. The van der Waals surface area contributed by atoms with Crippen LogP contribution < -0.4 is 9.47 Å². The minimum absolute atomic E-state index is 0.00335. The van der Waals surface area contributed by atoms with E-state index >= 15 is 0 Å². The second-order valence-corrected chi connectivity index (χ2v) is 11.7. The molecule has 0 aliphatic carbocycles. The number of aliphatic hydroxyl groups is 2. The molecule has 3 rings (SSSR count). The van der Waals surface area contributed by atoms with Crippen LogP contribution in [0.2, 0.25) is 0 Å². The number of aryl methyl sites for hydroxylation is 2. The first-order valence-electron chi connectivity index (χ1n) is 11.6. The maximum atomic E-state index is 12.2. The SMILES string of the molecule is Cc1ccc(S(=O)(=O)OCC(O)COc2ccc(OCC(O)COS(=O)(=O)c3ccc(C)cc3)cc2)cc1. The van der Waals surface area contributed by atoms with Crippen LogP contribution in [0.1, 0.15) is 11.1 Å². The summed E-state index contributed by atoms with van der Waals surface area (Å²) in [6, 6.07) is 18.5. The molecule has 3 aromatic carbocycles. The van der Waals surface area contributed by atoms with E-state index in [1.807, 2.05) is 13.8 Å². The summed E-state index contributed by atoms with van der Waals surface area (Å²) in [5.41, 5.74) is 1.81. The van der Waals surface area contributed by atoms with Gasteiger partial charge >= 0.3 is 0 Å². The van der Waals surface area contributed by atoms with Crippen molar-refractivity contribution < 1.29 is 44.9 Å². The van der Waals surface area contributed by atoms with Crippen LogP contribution in [-0.4, -0.2) is 65.7 Å². The number of benzene rings is 3. The molecule has 0 amide bonds. The smallest absolute Gasteiger partial charge is 0.297 e. The fourth-order valence-electron chi connectivity index (χ4n) is 3.00. The summed E-state index contributed by atoms with van der Waals surface area (Å²) in [7, 11) is -7.99. The van der Waals surface area contributed by atoms with Gasteiger partial charge in [-0.05, 0) is 62.4 Å². The molecular formula is C26H30O10S2. The number of aliphatic hydroxyl groups excluding tert-OH is 2. The highest BCUT2D eigenvalue weighted by Gasteiger charge is 2.19. The normalized spacial score (nSPS) is 13.6. The van der Waals surface area contributed by atoms with E-state index in [0.29, 0.717) is 11.5 Å². The summed E-state index contributed by atoms with van der Waals surface area (Å²) in [4.78, 5) is -0.00670. The molecule has 0 heterocycles. The molecule has 0 spiro atoms. The molecule has 0 radical (unpaired) electrons. The summed E-state index contributed by atoms with van der Waals surface area (Å²) in [6.07, 6.45) is -2.39. The van der Waals surface area contributed by atoms with Gasteiger partial charge in [0.15, 0.2) is 0 Å². The first kappa shape index (κ1) is 29.6. The van der Waals surface area contributed by atoms with E-state index in [9.17, 15) is 27.0 Å². The van der Waals surface area contributed by atoms with E-state index in [1.165, 1.54) is 24.3 Å². The van der Waals surface area contributed by atoms with E-state index in [1.54, 1.807) is 48.5 Å². The Balaban J connectivity index is 1.38. The van der Waals surface area contributed by atoms with E-state index < -0.39 is 45.7 Å². The predicted octanol–water partition coefficient (Wildman–Crippen LogP) is 2.59. The molecule has 38 heavy (non-hydrogen) atoms. The average Bonchev–Trinajstić information content (AvgIpc) is 2.89. The predicted molar refractivity (Wildman–Crippen MR) is 138 cm³/mol. The van der Waals surface area contributed by atoms with Crippen LogP contribution in [0.15, 0.2) is 82.6 Å². The molecule has 0 aliphatic rings. The maximum absolute atomic E-state index is 12.2. The summed E-state index contributed by atoms with van der Waals surface area (Å²) < 4.78 is 69.5. The monoisotopic (exact) mass is 566 g/mol. The lowest BCUT2D eigenvalue weighted by Gasteiger charge is -2.14. The quantitative estimate of drug-likeness (QED) is 0.279. The van der Waals surface area contributed by atoms with Crippen molar-refractivity contribution in [1.82, 2.24) is 0 Å². The highest BCUT2D eigenvalue weighted by molar-refractivity contribution is 7.87. The van der Waals surface area contributed by atoms with E-state index in [2.05, 4.69) is 0 Å². The molecule has 0 aliphatic heterocycles. The third kappa shape index (κ3) is 9.08. The molecule has 3 aromatic rings. The van der Waals surface area contributed by atoms with Crippen LogP contribution in [0.25, 0.3) is 0 Å². The zero-order valence-corrected chi connectivity index (χ0v) is 22.5. The van der Waals surface area contributed by atoms with Gasteiger partial charge in [0, 0.05) is 0 Å². The lowest BCUT2D eigenvalue weighted by atomic mass is 10.2. The van der Waals surface area contributed by atoms with Gasteiger partial charge in [-0.1, -0.05) is 35.4 Å². The van der Waals surface area contributed by atoms with Gasteiger partial charge in [-0.25, -0.2) is 0 Å². The van der Waals surface area contributed by atoms with Gasteiger partial charge in [-0.3, -0.25) is 8.37 Å². The Morgan fingerprint density at radius 3 is 1.18 bits per heavy atom. The number of rotatable bonds is 14. The van der Waals surface area contributed by atoms with Gasteiger partial charge in [0.25, 0.3) is 20.2 Å². The lowest BCUT2D eigenvalue weighted by molar-refractivity contribution is 0.0635. The van der Waals surface area contributed by atoms with Crippen molar-refractivity contribution in [3.8, 4) is 11.5 Å². The first-order valence-corrected chi connectivity index (χ1v) is 14.4. The number of hydrogen-bond acceptors (Lipinski definition) is 10. The van der Waals surface area contributed by atoms with E-state index in [-0.39, 0.29) is 23.0 Å². The molecule has 12 heteroatoms. The van der Waals surface area contributed by atoms with Gasteiger partial charge in [-0.15, -0.1) is 0 Å². The largest absolute Gasteiger partial charge is 0.491 e. The third-order valence-corrected chi connectivity index (χ3v) is 7.75. The lowest BCUT2D eigenvalue weighted by Crippen LogP contribution is -2.25. The molecular weight excluding hydrogens is 536 g/mol. The molecule has 2 atom stereocenters. The van der Waals surface area contributed by atoms with Crippen molar-refractivity contribution in [3.05, 3.63) is 83.9 Å². The standard InChI is InChI=1S/C26H30O10S2/c1-19-3-11-25(12-4-19)37(29,30)35-17-21(27)15-33-23-7-9-24(10-8-23)34-16-22(28)18-36-38(31,32)26-13-5-20(2)6-14-26/h3-14,21-22,27-28H,15-18H2,1-2H3. The van der Waals surface area contributed by atoms with Crippen molar-refractivity contribution in [3.63, 3.8) is 0 Å². The highest BCUT2D eigenvalue weighted by atomic mass is 32.2. The van der Waals surface area contributed by atoms with Gasteiger partial charge in [0.2, 0.25) is 0 Å². The van der Waals surface area contributed by atoms with E-state index in [4.69, 9.17) is 17.8 Å². The van der Waals surface area contributed by atoms with Crippen molar-refractivity contribution >= 4 is 20.2 Å².